The van der Waals surface area contributed by atoms with Crippen LogP contribution in [0.2, 0.25) is 0 Å². The molecule has 0 aliphatic heterocycles. The van der Waals surface area contributed by atoms with Gasteiger partial charge in [-0.25, -0.2) is 0 Å². The van der Waals surface area contributed by atoms with Crippen LogP contribution in [0, 0.1) is 0 Å². The zero-order valence-corrected chi connectivity index (χ0v) is 10.8. The summed E-state index contributed by atoms with van der Waals surface area (Å²) < 4.78 is 5.35. The molecular weight excluding hydrogens is 234 g/mol. The normalized spacial score (nSPS) is 15.1. The minimum absolute atomic E-state index is 0.0406. The second kappa shape index (κ2) is 5.96. The third-order valence-corrected chi connectivity index (χ3v) is 3.58. The Kier molecular flexibility index (Phi) is 4.31. The molecule has 92 valence electrons. The lowest BCUT2D eigenvalue weighted by atomic mass is 9.94. The minimum atomic E-state index is 0.0406. The van der Waals surface area contributed by atoms with Crippen molar-refractivity contribution in [1.29, 1.82) is 0 Å². The Hall–Kier alpha value is -1.16. The summed E-state index contributed by atoms with van der Waals surface area (Å²) >= 11 is 1.24. The van der Waals surface area contributed by atoms with Crippen LogP contribution in [-0.2, 0) is 0 Å². The number of carbonyl (C=O) groups excluding carboxylic acids is 1. The van der Waals surface area contributed by atoms with Gasteiger partial charge in [-0.1, -0.05) is 0 Å². The van der Waals surface area contributed by atoms with Crippen LogP contribution in [0.15, 0.2) is 29.2 Å². The highest BCUT2D eigenvalue weighted by Crippen LogP contribution is 2.24. The topological polar surface area (TPSA) is 38.3 Å². The fraction of sp³-hybridized carbons (Fsp3) is 0.462. The van der Waals surface area contributed by atoms with E-state index in [1.807, 2.05) is 31.2 Å². The highest BCUT2D eigenvalue weighted by atomic mass is 32.2. The molecule has 0 atom stereocenters. The molecule has 3 nitrogen and oxygen atoms in total. The molecule has 0 bridgehead atoms. The predicted octanol–water partition coefficient (Wildman–Crippen LogP) is 3.44. The lowest BCUT2D eigenvalue weighted by Crippen LogP contribution is -2.37. The number of nitrogens with one attached hydrogen (secondary N) is 1. The summed E-state index contributed by atoms with van der Waals surface area (Å²) in [5.41, 5.74) is 0. The molecule has 1 fully saturated rings. The van der Waals surface area contributed by atoms with Crippen molar-refractivity contribution in [2.45, 2.75) is 37.1 Å². The van der Waals surface area contributed by atoms with Crippen LogP contribution in [0.1, 0.15) is 26.2 Å². The number of thioether (sulfide) groups is 1. The molecule has 1 aromatic carbocycles. The molecule has 0 aromatic heterocycles. The Labute approximate surface area is 106 Å². The van der Waals surface area contributed by atoms with Gasteiger partial charge in [-0.05, 0) is 62.2 Å². The number of rotatable bonds is 4. The fourth-order valence-corrected chi connectivity index (χ4v) is 2.34. The van der Waals surface area contributed by atoms with E-state index in [-0.39, 0.29) is 5.24 Å². The van der Waals surface area contributed by atoms with Crippen molar-refractivity contribution in [3.8, 4) is 5.75 Å². The summed E-state index contributed by atoms with van der Waals surface area (Å²) in [7, 11) is 0. The first-order chi connectivity index (χ1) is 8.28. The largest absolute Gasteiger partial charge is 0.494 e. The third-order valence-electron chi connectivity index (χ3n) is 2.77. The molecule has 0 saturated heterocycles. The lowest BCUT2D eigenvalue weighted by molar-refractivity contribution is 0.249. The monoisotopic (exact) mass is 251 g/mol. The highest BCUT2D eigenvalue weighted by molar-refractivity contribution is 8.13. The van der Waals surface area contributed by atoms with E-state index in [1.54, 1.807) is 0 Å². The van der Waals surface area contributed by atoms with Crippen LogP contribution in [0.5, 0.6) is 5.75 Å². The first-order valence-electron chi connectivity index (χ1n) is 5.99. The molecule has 0 radical (unpaired) electrons. The van der Waals surface area contributed by atoms with E-state index in [4.69, 9.17) is 4.74 Å². The van der Waals surface area contributed by atoms with Gasteiger partial charge in [0.2, 0.25) is 0 Å². The molecule has 0 unspecified atom stereocenters. The zero-order chi connectivity index (χ0) is 12.1. The van der Waals surface area contributed by atoms with Crippen molar-refractivity contribution >= 4 is 17.0 Å². The molecule has 0 heterocycles. The molecule has 1 N–H and O–H groups in total. The highest BCUT2D eigenvalue weighted by Gasteiger charge is 2.19. The Morgan fingerprint density at radius 3 is 2.65 bits per heavy atom. The van der Waals surface area contributed by atoms with Crippen molar-refractivity contribution in [1.82, 2.24) is 5.32 Å². The smallest absolute Gasteiger partial charge is 0.284 e. The number of carbonyl (C=O) groups is 1. The van der Waals surface area contributed by atoms with E-state index in [0.29, 0.717) is 12.6 Å². The maximum absolute atomic E-state index is 11.6. The van der Waals surface area contributed by atoms with Gasteiger partial charge in [-0.15, -0.1) is 0 Å². The fourth-order valence-electron chi connectivity index (χ4n) is 1.63. The number of benzene rings is 1. The van der Waals surface area contributed by atoms with Gasteiger partial charge in [0.05, 0.1) is 6.61 Å². The van der Waals surface area contributed by atoms with Crippen LogP contribution in [0.25, 0.3) is 0 Å². The summed E-state index contributed by atoms with van der Waals surface area (Å²) in [4.78, 5) is 12.6. The Balaban J connectivity index is 1.82. The Morgan fingerprint density at radius 2 is 2.12 bits per heavy atom. The van der Waals surface area contributed by atoms with E-state index in [0.717, 1.165) is 23.5 Å². The summed E-state index contributed by atoms with van der Waals surface area (Å²) in [5.74, 6) is 0.844. The van der Waals surface area contributed by atoms with Crippen LogP contribution in [0.4, 0.5) is 4.79 Å². The minimum Gasteiger partial charge on any atom is -0.494 e. The zero-order valence-electron chi connectivity index (χ0n) is 9.94. The summed E-state index contributed by atoms with van der Waals surface area (Å²) in [5, 5.41) is 3.04. The molecule has 2 rings (SSSR count). The number of ether oxygens (including phenoxy) is 1. The molecule has 17 heavy (non-hydrogen) atoms. The second-order valence-electron chi connectivity index (χ2n) is 4.07. The van der Waals surface area contributed by atoms with Crippen LogP contribution < -0.4 is 10.1 Å². The van der Waals surface area contributed by atoms with Crippen molar-refractivity contribution < 1.29 is 9.53 Å². The van der Waals surface area contributed by atoms with E-state index >= 15 is 0 Å². The number of hydrogen-bond acceptors (Lipinski definition) is 3. The quantitative estimate of drug-likeness (QED) is 0.833. The Morgan fingerprint density at radius 1 is 1.41 bits per heavy atom. The average Bonchev–Trinajstić information content (AvgIpc) is 2.27. The van der Waals surface area contributed by atoms with E-state index < -0.39 is 0 Å². The van der Waals surface area contributed by atoms with Gasteiger partial charge in [-0.2, -0.15) is 0 Å². The van der Waals surface area contributed by atoms with Gasteiger partial charge >= 0.3 is 0 Å². The molecule has 1 amide bonds. The van der Waals surface area contributed by atoms with Gasteiger partial charge in [0.25, 0.3) is 5.24 Å². The van der Waals surface area contributed by atoms with Crippen molar-refractivity contribution in [3.05, 3.63) is 24.3 Å². The average molecular weight is 251 g/mol. The second-order valence-corrected chi connectivity index (χ2v) is 5.11. The third kappa shape index (κ3) is 3.66. The summed E-state index contributed by atoms with van der Waals surface area (Å²) in [6.07, 6.45) is 3.48. The molecule has 1 aliphatic rings. The van der Waals surface area contributed by atoms with Gasteiger partial charge in [-0.3, -0.25) is 4.79 Å². The van der Waals surface area contributed by atoms with E-state index in [2.05, 4.69) is 5.32 Å². The lowest BCUT2D eigenvalue weighted by Gasteiger charge is -2.25. The maximum Gasteiger partial charge on any atom is 0.284 e. The first kappa shape index (κ1) is 12.3. The summed E-state index contributed by atoms with van der Waals surface area (Å²) in [6, 6.07) is 8.01. The van der Waals surface area contributed by atoms with E-state index in [1.165, 1.54) is 18.2 Å². The SMILES string of the molecule is CCOc1ccc(SC(=O)NC2CCC2)cc1. The van der Waals surface area contributed by atoms with Crippen molar-refractivity contribution in [2.75, 3.05) is 6.61 Å². The van der Waals surface area contributed by atoms with Gasteiger partial charge < -0.3 is 10.1 Å². The number of hydrogen-bond donors (Lipinski definition) is 1. The van der Waals surface area contributed by atoms with Gasteiger partial charge in [0, 0.05) is 10.9 Å². The number of amides is 1. The predicted molar refractivity (Wildman–Crippen MR) is 69.6 cm³/mol. The molecule has 1 aromatic rings. The maximum atomic E-state index is 11.6. The molecule has 4 heteroatoms. The van der Waals surface area contributed by atoms with Gasteiger partial charge in [0.15, 0.2) is 0 Å². The van der Waals surface area contributed by atoms with Crippen LogP contribution in [0.3, 0.4) is 0 Å². The van der Waals surface area contributed by atoms with Crippen LogP contribution >= 0.6 is 11.8 Å². The summed E-state index contributed by atoms with van der Waals surface area (Å²) in [6.45, 7) is 2.61. The van der Waals surface area contributed by atoms with E-state index in [9.17, 15) is 4.79 Å². The molecule has 0 spiro atoms. The molecular formula is C13H17NO2S. The van der Waals surface area contributed by atoms with Crippen LogP contribution in [-0.4, -0.2) is 17.9 Å². The Bertz CT molecular complexity index is 374. The van der Waals surface area contributed by atoms with Gasteiger partial charge in [0.1, 0.15) is 5.75 Å². The molecule has 1 saturated carbocycles. The first-order valence-corrected chi connectivity index (χ1v) is 6.81. The standard InChI is InChI=1S/C13H17NO2S/c1-2-16-11-6-8-12(9-7-11)17-13(15)14-10-4-3-5-10/h6-10H,2-5H2,1H3,(H,14,15). The molecule has 1 aliphatic carbocycles. The van der Waals surface area contributed by atoms with Crippen molar-refractivity contribution in [3.63, 3.8) is 0 Å². The van der Waals surface area contributed by atoms with Crippen molar-refractivity contribution in [2.24, 2.45) is 0 Å².